The van der Waals surface area contributed by atoms with Crippen molar-refractivity contribution in [3.05, 3.63) is 100 Å². The van der Waals surface area contributed by atoms with Gasteiger partial charge >= 0.3 is 5.69 Å². The Morgan fingerprint density at radius 1 is 1.29 bits per heavy atom. The summed E-state index contributed by atoms with van der Waals surface area (Å²) in [5.41, 5.74) is 0.422. The zero-order chi connectivity index (χ0) is 20.1. The first-order chi connectivity index (χ1) is 13.5. The van der Waals surface area contributed by atoms with Gasteiger partial charge in [-0.1, -0.05) is 49.1 Å². The number of aromatic amines is 1. The molecule has 28 heavy (non-hydrogen) atoms. The van der Waals surface area contributed by atoms with Gasteiger partial charge in [0, 0.05) is 43.9 Å². The Balaban J connectivity index is 0.000000437. The van der Waals surface area contributed by atoms with Gasteiger partial charge in [0.15, 0.2) is 0 Å². The van der Waals surface area contributed by atoms with Gasteiger partial charge in [0.05, 0.1) is 17.8 Å². The van der Waals surface area contributed by atoms with Crippen LogP contribution in [0.3, 0.4) is 0 Å². The summed E-state index contributed by atoms with van der Waals surface area (Å²) in [7, 11) is 0. The third kappa shape index (κ3) is 5.00. The molecular weight excluding hydrogens is 400 g/mol. The van der Waals surface area contributed by atoms with Crippen LogP contribution in [0.25, 0.3) is 5.57 Å². The van der Waals surface area contributed by atoms with Gasteiger partial charge in [0.1, 0.15) is 6.23 Å². The average Bonchev–Trinajstić information content (AvgIpc) is 3.44. The first-order valence-corrected chi connectivity index (χ1v) is 8.57. The van der Waals surface area contributed by atoms with Crippen LogP contribution in [-0.2, 0) is 21.8 Å². The summed E-state index contributed by atoms with van der Waals surface area (Å²) < 4.78 is 14.1. The predicted molar refractivity (Wildman–Crippen MR) is 105 cm³/mol. The summed E-state index contributed by atoms with van der Waals surface area (Å²) in [5.74, 6) is 0. The fourth-order valence-electron chi connectivity index (χ4n) is 2.85. The maximum atomic E-state index is 12.1. The summed E-state index contributed by atoms with van der Waals surface area (Å²) in [4.78, 5) is 26.4. The molecule has 2 N–H and O–H groups in total. The molecule has 7 heteroatoms. The van der Waals surface area contributed by atoms with E-state index in [1.807, 2.05) is 55.4 Å². The zero-order valence-corrected chi connectivity index (χ0v) is 16.2. The quantitative estimate of drug-likeness (QED) is 0.731. The van der Waals surface area contributed by atoms with Crippen molar-refractivity contribution >= 4 is 5.57 Å². The van der Waals surface area contributed by atoms with E-state index in [-0.39, 0.29) is 36.0 Å². The van der Waals surface area contributed by atoms with Crippen molar-refractivity contribution in [3.8, 4) is 0 Å². The van der Waals surface area contributed by atoms with Gasteiger partial charge in [-0.3, -0.25) is 14.3 Å². The third-order valence-electron chi connectivity index (χ3n) is 4.37. The molecule has 1 unspecified atom stereocenters. The SMILES string of the molecule is [2H]C[C@H]1O[C@@H](n2cc(C(=C)C3=C[CH]C=C3)c(=O)[nH]c2=O)CC1O.[CH]1C=CC=C1.[Fe]. The number of H-pyrrole nitrogens is 1. The molecule has 6 nitrogen and oxygen atoms in total. The molecule has 3 atom stereocenters. The molecule has 0 bridgehead atoms. The van der Waals surface area contributed by atoms with Crippen molar-refractivity contribution in [2.75, 3.05) is 0 Å². The van der Waals surface area contributed by atoms with E-state index < -0.39 is 29.7 Å². The number of aromatic nitrogens is 2. The predicted octanol–water partition coefficient (Wildman–Crippen LogP) is 2.23. The van der Waals surface area contributed by atoms with Crippen LogP contribution in [0.15, 0.2) is 70.5 Å². The molecule has 2 radical (unpaired) electrons. The Morgan fingerprint density at radius 3 is 2.57 bits per heavy atom. The molecular formula is C21H22FeN2O4. The molecule has 3 aliphatic rings. The molecule has 1 aliphatic heterocycles. The Hall–Kier alpha value is -2.18. The maximum absolute atomic E-state index is 12.1. The molecule has 4 rings (SSSR count). The number of nitrogens with zero attached hydrogens (tertiary/aromatic N) is 1. The molecule has 0 spiro atoms. The van der Waals surface area contributed by atoms with Gasteiger partial charge in [-0.15, -0.1) is 0 Å². The Labute approximate surface area is 175 Å². The van der Waals surface area contributed by atoms with Crippen LogP contribution >= 0.6 is 0 Å². The van der Waals surface area contributed by atoms with Crippen molar-refractivity contribution in [1.82, 2.24) is 9.55 Å². The number of ether oxygens (including phenoxy) is 1. The maximum Gasteiger partial charge on any atom is 0.330 e. The number of hydrogen-bond donors (Lipinski definition) is 2. The molecule has 1 aromatic heterocycles. The minimum absolute atomic E-state index is 0. The molecule has 2 heterocycles. The van der Waals surface area contributed by atoms with Crippen LogP contribution in [0, 0.1) is 12.8 Å². The van der Waals surface area contributed by atoms with Gasteiger partial charge in [0.2, 0.25) is 0 Å². The molecule has 148 valence electrons. The first kappa shape index (κ1) is 20.6. The minimum atomic E-state index is -0.807. The number of hydrogen-bond acceptors (Lipinski definition) is 4. The summed E-state index contributed by atoms with van der Waals surface area (Å²) in [5, 5.41) is 9.85. The summed E-state index contributed by atoms with van der Waals surface area (Å²) in [6, 6.07) is 0. The van der Waals surface area contributed by atoms with Crippen LogP contribution in [-0.4, -0.2) is 26.9 Å². The van der Waals surface area contributed by atoms with Crippen LogP contribution in [0.4, 0.5) is 0 Å². The number of aliphatic hydroxyl groups excluding tert-OH is 1. The number of aliphatic hydroxyl groups is 1. The number of nitrogens with one attached hydrogen (secondary N) is 1. The van der Waals surface area contributed by atoms with E-state index in [1.54, 1.807) is 0 Å². The summed E-state index contributed by atoms with van der Waals surface area (Å²) >= 11 is 0. The Morgan fingerprint density at radius 2 is 2.04 bits per heavy atom. The molecule has 1 aromatic rings. The van der Waals surface area contributed by atoms with E-state index >= 15 is 0 Å². The average molecular weight is 423 g/mol. The van der Waals surface area contributed by atoms with E-state index in [2.05, 4.69) is 11.6 Å². The Kier molecular flexibility index (Phi) is 7.23. The number of rotatable bonds is 3. The molecule has 0 amide bonds. The van der Waals surface area contributed by atoms with Crippen LogP contribution in [0.5, 0.6) is 0 Å². The van der Waals surface area contributed by atoms with E-state index in [0.717, 1.165) is 5.57 Å². The van der Waals surface area contributed by atoms with E-state index in [4.69, 9.17) is 6.11 Å². The molecule has 1 fully saturated rings. The standard InChI is InChI=1S/C16H17N2O4.C5H5.Fe/c1-9(11-5-3-4-6-11)12-8-18(16(21)17-15(12)20)14-7-13(19)10(2)22-14;1-2-4-5-3-1;/h3-6,8,10,13-14,19H,1,7H2,2H3,(H,17,20,21);1-5H;/t10-,13?,14-;;/m1../s1/i2D;;. The van der Waals surface area contributed by atoms with Crippen molar-refractivity contribution in [1.29, 1.82) is 0 Å². The van der Waals surface area contributed by atoms with E-state index in [9.17, 15) is 14.7 Å². The molecule has 2 aliphatic carbocycles. The van der Waals surface area contributed by atoms with Crippen molar-refractivity contribution in [2.45, 2.75) is 31.8 Å². The van der Waals surface area contributed by atoms with Crippen molar-refractivity contribution in [2.24, 2.45) is 0 Å². The fourth-order valence-corrected chi connectivity index (χ4v) is 2.85. The van der Waals surface area contributed by atoms with Gasteiger partial charge < -0.3 is 9.84 Å². The second kappa shape index (κ2) is 9.85. The molecule has 0 aromatic carbocycles. The van der Waals surface area contributed by atoms with Crippen LogP contribution < -0.4 is 11.2 Å². The van der Waals surface area contributed by atoms with Gasteiger partial charge in [-0.05, 0) is 18.0 Å². The summed E-state index contributed by atoms with van der Waals surface area (Å²) in [6.07, 6.45) is 16.7. The normalized spacial score (nSPS) is 25.0. The second-order valence-electron chi connectivity index (χ2n) is 6.26. The summed E-state index contributed by atoms with van der Waals surface area (Å²) in [6.45, 7) is 3.82. The smallest absolute Gasteiger partial charge is 0.330 e. The molecule has 1 saturated heterocycles. The first-order valence-electron chi connectivity index (χ1n) is 9.28. The van der Waals surface area contributed by atoms with Crippen LogP contribution in [0.2, 0.25) is 0 Å². The topological polar surface area (TPSA) is 84.3 Å². The van der Waals surface area contributed by atoms with Gasteiger partial charge in [0.25, 0.3) is 5.56 Å². The minimum Gasteiger partial charge on any atom is -0.390 e. The fraction of sp³-hybridized carbons (Fsp3) is 0.238. The zero-order valence-electron chi connectivity index (χ0n) is 16.1. The second-order valence-corrected chi connectivity index (χ2v) is 6.26. The van der Waals surface area contributed by atoms with Gasteiger partial charge in [-0.25, -0.2) is 4.79 Å². The van der Waals surface area contributed by atoms with Crippen molar-refractivity contribution in [3.63, 3.8) is 0 Å². The Bertz CT molecular complexity index is 964. The van der Waals surface area contributed by atoms with E-state index in [1.165, 1.54) is 10.8 Å². The largest absolute Gasteiger partial charge is 0.390 e. The van der Waals surface area contributed by atoms with Crippen LogP contribution in [0.1, 0.15) is 26.5 Å². The molecule has 0 saturated carbocycles. The van der Waals surface area contributed by atoms with Crippen molar-refractivity contribution < 1.29 is 28.3 Å². The van der Waals surface area contributed by atoms with Gasteiger partial charge in [-0.2, -0.15) is 0 Å². The monoisotopic (exact) mass is 423 g/mol. The van der Waals surface area contributed by atoms with E-state index in [0.29, 0.717) is 5.57 Å². The third-order valence-corrected chi connectivity index (χ3v) is 4.37. The number of allylic oxidation sites excluding steroid dienone is 9.